The highest BCUT2D eigenvalue weighted by Crippen LogP contribution is 2.29. The molecule has 7 nitrogen and oxygen atoms in total. The molecule has 1 aromatic carbocycles. The van der Waals surface area contributed by atoms with Crippen LogP contribution in [0.5, 0.6) is 11.5 Å². The van der Waals surface area contributed by atoms with Crippen LogP contribution in [0.3, 0.4) is 0 Å². The first kappa shape index (κ1) is 16.3. The lowest BCUT2D eigenvalue weighted by atomic mass is 10.2. The van der Waals surface area contributed by atoms with Crippen molar-refractivity contribution in [3.8, 4) is 17.2 Å². The molecule has 0 aliphatic carbocycles. The van der Waals surface area contributed by atoms with Gasteiger partial charge in [-0.3, -0.25) is 19.1 Å². The second-order valence-corrected chi connectivity index (χ2v) is 5.70. The molecular formula is C17H21N3O4. The number of hydrogen-bond acceptors (Lipinski definition) is 5. The molecule has 0 unspecified atom stereocenters. The Bertz CT molecular complexity index is 806. The van der Waals surface area contributed by atoms with E-state index in [1.54, 1.807) is 25.3 Å². The van der Waals surface area contributed by atoms with Crippen molar-refractivity contribution in [1.29, 1.82) is 0 Å². The van der Waals surface area contributed by atoms with Crippen LogP contribution >= 0.6 is 0 Å². The maximum Gasteiger partial charge on any atom is 0.320 e. The van der Waals surface area contributed by atoms with E-state index in [1.165, 1.54) is 29.8 Å². The number of aromatic amines is 1. The van der Waals surface area contributed by atoms with Gasteiger partial charge in [0.05, 0.1) is 12.8 Å². The Labute approximate surface area is 139 Å². The highest BCUT2D eigenvalue weighted by Gasteiger charge is 2.12. The number of aromatic nitrogens is 2. The van der Waals surface area contributed by atoms with Crippen LogP contribution < -0.4 is 20.6 Å². The summed E-state index contributed by atoms with van der Waals surface area (Å²) in [5.74, 6) is 1.15. The molecule has 0 radical (unpaired) electrons. The highest BCUT2D eigenvalue weighted by molar-refractivity contribution is 5.48. The molecule has 3 rings (SSSR count). The third-order valence-electron chi connectivity index (χ3n) is 4.14. The first-order valence-electron chi connectivity index (χ1n) is 8.03. The van der Waals surface area contributed by atoms with E-state index in [9.17, 15) is 9.59 Å². The summed E-state index contributed by atoms with van der Waals surface area (Å²) >= 11 is 0. The van der Waals surface area contributed by atoms with Crippen LogP contribution in [0.2, 0.25) is 0 Å². The van der Waals surface area contributed by atoms with Gasteiger partial charge in [0.25, 0.3) is 0 Å². The fourth-order valence-corrected chi connectivity index (χ4v) is 2.85. The number of H-pyrrole nitrogens is 1. The molecule has 2 heterocycles. The number of hydrogen-bond donors (Lipinski definition) is 1. The lowest BCUT2D eigenvalue weighted by Gasteiger charge is -2.16. The van der Waals surface area contributed by atoms with Gasteiger partial charge in [0, 0.05) is 25.0 Å². The van der Waals surface area contributed by atoms with Gasteiger partial charge in [0.2, 0.25) is 0 Å². The lowest BCUT2D eigenvalue weighted by molar-refractivity contribution is 0.230. The van der Waals surface area contributed by atoms with Crippen molar-refractivity contribution in [3.63, 3.8) is 0 Å². The molecule has 2 aromatic rings. The molecule has 1 N–H and O–H groups in total. The van der Waals surface area contributed by atoms with Crippen molar-refractivity contribution in [2.45, 2.75) is 12.8 Å². The van der Waals surface area contributed by atoms with Gasteiger partial charge in [0.1, 0.15) is 6.61 Å². The number of ether oxygens (including phenoxy) is 2. The molecule has 0 bridgehead atoms. The van der Waals surface area contributed by atoms with Crippen LogP contribution in [0.1, 0.15) is 12.8 Å². The largest absolute Gasteiger partial charge is 0.493 e. The number of nitrogens with one attached hydrogen (secondary N) is 1. The first-order valence-corrected chi connectivity index (χ1v) is 8.03. The third kappa shape index (κ3) is 3.51. The lowest BCUT2D eigenvalue weighted by Crippen LogP contribution is -2.34. The third-order valence-corrected chi connectivity index (χ3v) is 4.14. The number of benzene rings is 1. The Hall–Kier alpha value is -2.54. The van der Waals surface area contributed by atoms with Crippen LogP contribution in [0.25, 0.3) is 5.69 Å². The van der Waals surface area contributed by atoms with Crippen molar-refractivity contribution in [3.05, 3.63) is 51.3 Å². The average molecular weight is 331 g/mol. The van der Waals surface area contributed by atoms with E-state index < -0.39 is 11.1 Å². The zero-order chi connectivity index (χ0) is 16.9. The molecule has 128 valence electrons. The standard InChI is InChI=1S/C17H21N3O4/c1-23-15-12-13(20-9-6-18-16(21)17(20)22)4-5-14(15)24-11-10-19-7-2-3-8-19/h4-6,9,12H,2-3,7-8,10-11H2,1H3,(H,18,21). The quantitative estimate of drug-likeness (QED) is 0.800. The van der Waals surface area contributed by atoms with Crippen LogP contribution in [0, 0.1) is 0 Å². The Kier molecular flexibility index (Phi) is 5.00. The SMILES string of the molecule is COc1cc(-n2cc[nH]c(=O)c2=O)ccc1OCCN1CCCC1. The van der Waals surface area contributed by atoms with E-state index in [0.29, 0.717) is 23.8 Å². The predicted octanol–water partition coefficient (Wildman–Crippen LogP) is 1.01. The molecular weight excluding hydrogens is 310 g/mol. The summed E-state index contributed by atoms with van der Waals surface area (Å²) in [5.41, 5.74) is -0.750. The zero-order valence-electron chi connectivity index (χ0n) is 13.7. The van der Waals surface area contributed by atoms with Crippen molar-refractivity contribution in [2.24, 2.45) is 0 Å². The minimum Gasteiger partial charge on any atom is -0.493 e. The normalized spacial score (nSPS) is 14.7. The second-order valence-electron chi connectivity index (χ2n) is 5.70. The van der Waals surface area contributed by atoms with Gasteiger partial charge in [-0.1, -0.05) is 0 Å². The van der Waals surface area contributed by atoms with Crippen molar-refractivity contribution in [1.82, 2.24) is 14.5 Å². The smallest absolute Gasteiger partial charge is 0.320 e. The average Bonchev–Trinajstić information content (AvgIpc) is 3.11. The summed E-state index contributed by atoms with van der Waals surface area (Å²) in [6.07, 6.45) is 5.44. The molecule has 1 aliphatic heterocycles. The summed E-state index contributed by atoms with van der Waals surface area (Å²) in [7, 11) is 1.55. The number of likely N-dealkylation sites (tertiary alicyclic amines) is 1. The minimum absolute atomic E-state index is 0.529. The number of rotatable bonds is 6. The van der Waals surface area contributed by atoms with Gasteiger partial charge < -0.3 is 14.5 Å². The maximum absolute atomic E-state index is 11.9. The maximum atomic E-state index is 11.9. The van der Waals surface area contributed by atoms with Crippen LogP contribution in [-0.2, 0) is 0 Å². The predicted molar refractivity (Wildman–Crippen MR) is 90.4 cm³/mol. The summed E-state index contributed by atoms with van der Waals surface area (Å²) in [6.45, 7) is 3.73. The Morgan fingerprint density at radius 3 is 2.71 bits per heavy atom. The first-order chi connectivity index (χ1) is 11.7. The van der Waals surface area contributed by atoms with Gasteiger partial charge >= 0.3 is 11.1 Å². The van der Waals surface area contributed by atoms with Gasteiger partial charge in [-0.2, -0.15) is 0 Å². The van der Waals surface area contributed by atoms with E-state index in [2.05, 4.69) is 9.88 Å². The molecule has 1 aliphatic rings. The van der Waals surface area contributed by atoms with Gasteiger partial charge in [-0.25, -0.2) is 0 Å². The molecule has 24 heavy (non-hydrogen) atoms. The minimum atomic E-state index is -0.664. The summed E-state index contributed by atoms with van der Waals surface area (Å²) in [4.78, 5) is 28.1. The van der Waals surface area contributed by atoms with E-state index in [0.717, 1.165) is 19.6 Å². The summed E-state index contributed by atoms with van der Waals surface area (Å²) in [6, 6.07) is 5.17. The van der Waals surface area contributed by atoms with E-state index in [4.69, 9.17) is 9.47 Å². The van der Waals surface area contributed by atoms with Gasteiger partial charge in [-0.05, 0) is 38.1 Å². The van der Waals surface area contributed by atoms with E-state index in [-0.39, 0.29) is 0 Å². The summed E-state index contributed by atoms with van der Waals surface area (Å²) in [5, 5.41) is 0. The highest BCUT2D eigenvalue weighted by atomic mass is 16.5. The van der Waals surface area contributed by atoms with E-state index >= 15 is 0 Å². The Morgan fingerprint density at radius 2 is 1.96 bits per heavy atom. The van der Waals surface area contributed by atoms with Crippen molar-refractivity contribution >= 4 is 0 Å². The topological polar surface area (TPSA) is 76.6 Å². The molecule has 1 saturated heterocycles. The van der Waals surface area contributed by atoms with Crippen LogP contribution in [0.15, 0.2) is 40.2 Å². The molecule has 1 fully saturated rings. The zero-order valence-corrected chi connectivity index (χ0v) is 13.7. The fourth-order valence-electron chi connectivity index (χ4n) is 2.85. The number of methoxy groups -OCH3 is 1. The second kappa shape index (κ2) is 7.35. The molecule has 0 amide bonds. The molecule has 0 atom stereocenters. The van der Waals surface area contributed by atoms with Gasteiger partial charge in [0.15, 0.2) is 11.5 Å². The summed E-state index contributed by atoms with van der Waals surface area (Å²) < 4.78 is 12.4. The Balaban J connectivity index is 1.76. The van der Waals surface area contributed by atoms with Gasteiger partial charge in [-0.15, -0.1) is 0 Å². The van der Waals surface area contributed by atoms with E-state index in [1.807, 2.05) is 0 Å². The van der Waals surface area contributed by atoms with Crippen molar-refractivity contribution < 1.29 is 9.47 Å². The van der Waals surface area contributed by atoms with Crippen molar-refractivity contribution in [2.75, 3.05) is 33.4 Å². The molecule has 1 aromatic heterocycles. The monoisotopic (exact) mass is 331 g/mol. The molecule has 7 heteroatoms. The molecule has 0 saturated carbocycles. The Morgan fingerprint density at radius 1 is 1.17 bits per heavy atom. The van der Waals surface area contributed by atoms with Crippen LogP contribution in [-0.4, -0.2) is 47.8 Å². The fraction of sp³-hybridized carbons (Fsp3) is 0.412. The number of nitrogens with zero attached hydrogens (tertiary/aromatic N) is 2. The molecule has 0 spiro atoms. The van der Waals surface area contributed by atoms with Crippen LogP contribution in [0.4, 0.5) is 0 Å².